The van der Waals surface area contributed by atoms with Crippen LogP contribution in [0, 0.1) is 0 Å². The fourth-order valence-corrected chi connectivity index (χ4v) is 3.46. The van der Waals surface area contributed by atoms with Gasteiger partial charge in [-0.3, -0.25) is 0 Å². The van der Waals surface area contributed by atoms with Crippen LogP contribution < -0.4 is 9.47 Å². The van der Waals surface area contributed by atoms with E-state index in [2.05, 4.69) is 0 Å². The highest BCUT2D eigenvalue weighted by molar-refractivity contribution is 5.93. The van der Waals surface area contributed by atoms with E-state index in [1.807, 2.05) is 12.1 Å². The van der Waals surface area contributed by atoms with E-state index >= 15 is 0 Å². The van der Waals surface area contributed by atoms with Crippen LogP contribution in [0.15, 0.2) is 60.7 Å². The van der Waals surface area contributed by atoms with Gasteiger partial charge in [0.15, 0.2) is 0 Å². The van der Waals surface area contributed by atoms with Crippen LogP contribution in [0.25, 0.3) is 0 Å². The van der Waals surface area contributed by atoms with E-state index in [-0.39, 0.29) is 26.1 Å². The van der Waals surface area contributed by atoms with Crippen molar-refractivity contribution < 1.29 is 28.5 Å². The first-order valence-corrected chi connectivity index (χ1v) is 10.3. The maximum atomic E-state index is 13.4. The van der Waals surface area contributed by atoms with Crippen molar-refractivity contribution in [1.29, 1.82) is 0 Å². The topological polar surface area (TPSA) is 71.1 Å². The van der Waals surface area contributed by atoms with Gasteiger partial charge in [0.25, 0.3) is 11.2 Å². The molecule has 0 aliphatic carbocycles. The zero-order chi connectivity index (χ0) is 22.0. The minimum absolute atomic E-state index is 0.125. The lowest BCUT2D eigenvalue weighted by Crippen LogP contribution is -2.70. The Labute approximate surface area is 178 Å². The molecule has 2 atom stereocenters. The van der Waals surface area contributed by atoms with Crippen LogP contribution in [0.2, 0.25) is 0 Å². The van der Waals surface area contributed by atoms with Crippen LogP contribution in [0.1, 0.15) is 40.5 Å². The highest BCUT2D eigenvalue weighted by atomic mass is 16.6. The molecule has 2 aromatic rings. The van der Waals surface area contributed by atoms with Gasteiger partial charge in [-0.15, -0.1) is 0 Å². The van der Waals surface area contributed by atoms with Crippen LogP contribution in [0.4, 0.5) is 0 Å². The second-order valence-corrected chi connectivity index (χ2v) is 6.63. The number of carbonyl (C=O) groups excluding carboxylic acids is 2. The molecule has 0 saturated heterocycles. The number of para-hydroxylation sites is 2. The minimum atomic E-state index is -1.76. The molecule has 0 fully saturated rings. The Morgan fingerprint density at radius 3 is 1.23 bits per heavy atom. The first kappa shape index (κ1) is 23.3. The Morgan fingerprint density at radius 1 is 0.633 bits per heavy atom. The monoisotopic (exact) mass is 414 g/mol. The number of benzene rings is 2. The van der Waals surface area contributed by atoms with E-state index in [9.17, 15) is 9.59 Å². The quantitative estimate of drug-likeness (QED) is 0.502. The van der Waals surface area contributed by atoms with Crippen LogP contribution in [-0.4, -0.2) is 36.4 Å². The zero-order valence-electron chi connectivity index (χ0n) is 18.1. The molecule has 0 aromatic heterocycles. The van der Waals surface area contributed by atoms with Crippen molar-refractivity contribution in [3.8, 4) is 11.5 Å². The first-order chi connectivity index (χ1) is 14.5. The van der Waals surface area contributed by atoms with Gasteiger partial charge in [0, 0.05) is 12.8 Å². The third kappa shape index (κ3) is 4.58. The lowest BCUT2D eigenvalue weighted by atomic mass is 9.77. The highest BCUT2D eigenvalue weighted by Crippen LogP contribution is 2.40. The second kappa shape index (κ2) is 10.7. The lowest BCUT2D eigenvalue weighted by molar-refractivity contribution is -0.203. The van der Waals surface area contributed by atoms with E-state index in [1.165, 1.54) is 0 Å². The zero-order valence-corrected chi connectivity index (χ0v) is 18.1. The van der Waals surface area contributed by atoms with Crippen LogP contribution in [-0.2, 0) is 19.1 Å². The summed E-state index contributed by atoms with van der Waals surface area (Å²) in [6.45, 7) is 7.20. The van der Waals surface area contributed by atoms with E-state index in [0.29, 0.717) is 11.5 Å². The molecule has 0 aliphatic heterocycles. The molecule has 0 spiro atoms. The molecule has 0 heterocycles. The molecule has 162 valence electrons. The van der Waals surface area contributed by atoms with Crippen LogP contribution in [0.3, 0.4) is 0 Å². The molecule has 6 heteroatoms. The molecule has 2 unspecified atom stereocenters. The Hall–Kier alpha value is -3.02. The van der Waals surface area contributed by atoms with Gasteiger partial charge >= 0.3 is 11.9 Å². The molecular formula is C24H30O6. The summed E-state index contributed by atoms with van der Waals surface area (Å²) in [6.07, 6.45) is 0.250. The maximum Gasteiger partial charge on any atom is 0.355 e. The molecule has 0 amide bonds. The smallest absolute Gasteiger partial charge is 0.355 e. The first-order valence-electron chi connectivity index (χ1n) is 10.3. The number of hydrogen-bond donors (Lipinski definition) is 0. The lowest BCUT2D eigenvalue weighted by Gasteiger charge is -2.45. The van der Waals surface area contributed by atoms with Gasteiger partial charge in [0.2, 0.25) is 0 Å². The summed E-state index contributed by atoms with van der Waals surface area (Å²) in [4.78, 5) is 26.7. The molecule has 0 aliphatic rings. The predicted octanol–water partition coefficient (Wildman–Crippen LogP) is 4.57. The molecule has 2 aromatic carbocycles. The van der Waals surface area contributed by atoms with Gasteiger partial charge in [0.05, 0.1) is 13.2 Å². The molecule has 2 rings (SSSR count). The summed E-state index contributed by atoms with van der Waals surface area (Å²) in [5.74, 6) is -0.512. The fraction of sp³-hybridized carbons (Fsp3) is 0.417. The molecule has 6 nitrogen and oxygen atoms in total. The summed E-state index contributed by atoms with van der Waals surface area (Å²) in [5, 5.41) is 0. The Kier molecular flexibility index (Phi) is 8.27. The van der Waals surface area contributed by atoms with Gasteiger partial charge in [-0.1, -0.05) is 50.2 Å². The van der Waals surface area contributed by atoms with Crippen molar-refractivity contribution in [1.82, 2.24) is 0 Å². The third-order valence-corrected chi connectivity index (χ3v) is 4.93. The average Bonchev–Trinajstić information content (AvgIpc) is 2.77. The molecule has 0 radical (unpaired) electrons. The molecule has 0 bridgehead atoms. The molecule has 30 heavy (non-hydrogen) atoms. The van der Waals surface area contributed by atoms with Crippen molar-refractivity contribution in [3.63, 3.8) is 0 Å². The number of rotatable bonds is 11. The molecule has 0 N–H and O–H groups in total. The summed E-state index contributed by atoms with van der Waals surface area (Å²) in [7, 11) is 0. The van der Waals surface area contributed by atoms with Crippen molar-refractivity contribution in [3.05, 3.63) is 60.7 Å². The van der Waals surface area contributed by atoms with E-state index < -0.39 is 23.1 Å². The van der Waals surface area contributed by atoms with Gasteiger partial charge in [-0.2, -0.15) is 0 Å². The summed E-state index contributed by atoms with van der Waals surface area (Å²) >= 11 is 0. The minimum Gasteiger partial charge on any atom is -0.471 e. The SMILES string of the molecule is CCOC(=O)C(CC)(Oc1ccccc1)C(CC)(Oc1ccccc1)C(=O)OCC. The van der Waals surface area contributed by atoms with Crippen LogP contribution in [0.5, 0.6) is 11.5 Å². The largest absolute Gasteiger partial charge is 0.471 e. The predicted molar refractivity (Wildman–Crippen MR) is 113 cm³/mol. The second-order valence-electron chi connectivity index (χ2n) is 6.63. The standard InChI is InChI=1S/C24H30O6/c1-5-23(21(25)27-7-3,29-19-15-11-9-12-16-19)24(6-2,22(26)28-8-4)30-20-17-13-10-14-18-20/h9-18H,5-8H2,1-4H3. The highest BCUT2D eigenvalue weighted by Gasteiger charge is 2.66. The summed E-state index contributed by atoms with van der Waals surface area (Å²) in [6, 6.07) is 17.7. The third-order valence-electron chi connectivity index (χ3n) is 4.93. The van der Waals surface area contributed by atoms with Crippen LogP contribution >= 0.6 is 0 Å². The van der Waals surface area contributed by atoms with Crippen molar-refractivity contribution in [2.75, 3.05) is 13.2 Å². The normalized spacial score (nSPS) is 14.7. The van der Waals surface area contributed by atoms with Gasteiger partial charge in [-0.25, -0.2) is 9.59 Å². The van der Waals surface area contributed by atoms with Gasteiger partial charge in [-0.05, 0) is 38.1 Å². The Morgan fingerprint density at radius 2 is 0.967 bits per heavy atom. The van der Waals surface area contributed by atoms with E-state index in [1.54, 1.807) is 76.2 Å². The summed E-state index contributed by atoms with van der Waals surface area (Å²) < 4.78 is 23.3. The van der Waals surface area contributed by atoms with E-state index in [0.717, 1.165) is 0 Å². The van der Waals surface area contributed by atoms with Crippen molar-refractivity contribution in [2.24, 2.45) is 0 Å². The van der Waals surface area contributed by atoms with Crippen molar-refractivity contribution in [2.45, 2.75) is 51.7 Å². The average molecular weight is 414 g/mol. The maximum absolute atomic E-state index is 13.4. The number of hydrogen-bond acceptors (Lipinski definition) is 6. The summed E-state index contributed by atoms with van der Waals surface area (Å²) in [5.41, 5.74) is -3.53. The Bertz CT molecular complexity index is 737. The molecular weight excluding hydrogens is 384 g/mol. The Balaban J connectivity index is 2.71. The number of carbonyl (C=O) groups is 2. The molecule has 0 saturated carbocycles. The number of ether oxygens (including phenoxy) is 4. The van der Waals surface area contributed by atoms with Crippen molar-refractivity contribution >= 4 is 11.9 Å². The van der Waals surface area contributed by atoms with E-state index in [4.69, 9.17) is 18.9 Å². The van der Waals surface area contributed by atoms with Gasteiger partial charge < -0.3 is 18.9 Å². The van der Waals surface area contributed by atoms with Gasteiger partial charge in [0.1, 0.15) is 11.5 Å². The fourth-order valence-electron chi connectivity index (χ4n) is 3.46. The number of esters is 2.